The molecule has 0 aliphatic heterocycles. The van der Waals surface area contributed by atoms with Crippen molar-refractivity contribution in [2.45, 2.75) is 6.42 Å². The van der Waals surface area contributed by atoms with Crippen LogP contribution in [0.25, 0.3) is 0 Å². The van der Waals surface area contributed by atoms with E-state index in [0.29, 0.717) is 17.9 Å². The van der Waals surface area contributed by atoms with E-state index in [1.165, 1.54) is 0 Å². The van der Waals surface area contributed by atoms with Crippen LogP contribution in [0.1, 0.15) is 5.56 Å². The second-order valence-corrected chi connectivity index (χ2v) is 3.11. The molecule has 0 amide bonds. The Hall–Kier alpha value is -1.55. The van der Waals surface area contributed by atoms with Crippen molar-refractivity contribution in [3.05, 3.63) is 23.8 Å². The lowest BCUT2D eigenvalue weighted by Gasteiger charge is -2.08. The molecule has 4 nitrogen and oxygen atoms in total. The van der Waals surface area contributed by atoms with Crippen molar-refractivity contribution in [1.29, 1.82) is 0 Å². The molecule has 1 aromatic rings. The molecule has 0 bridgehead atoms. The van der Waals surface area contributed by atoms with E-state index >= 15 is 0 Å². The number of ether oxygens (including phenoxy) is 2. The van der Waals surface area contributed by atoms with Crippen molar-refractivity contribution >= 4 is 5.78 Å². The van der Waals surface area contributed by atoms with Gasteiger partial charge in [-0.1, -0.05) is 6.07 Å². The Morgan fingerprint density at radius 1 is 1.27 bits per heavy atom. The SMILES string of the molecule is COc1ccc(CC(=O)CN)cc1OC. The van der Waals surface area contributed by atoms with Crippen LogP contribution in [-0.4, -0.2) is 26.5 Å². The molecule has 0 aromatic heterocycles. The third-order valence-electron chi connectivity index (χ3n) is 2.08. The molecule has 1 rings (SSSR count). The van der Waals surface area contributed by atoms with Gasteiger partial charge in [-0.05, 0) is 17.7 Å². The summed E-state index contributed by atoms with van der Waals surface area (Å²) in [5.74, 6) is 1.28. The average molecular weight is 209 g/mol. The summed E-state index contributed by atoms with van der Waals surface area (Å²) in [6.45, 7) is 0.0638. The van der Waals surface area contributed by atoms with Crippen LogP contribution < -0.4 is 15.2 Å². The summed E-state index contributed by atoms with van der Waals surface area (Å²) in [4.78, 5) is 11.1. The molecular formula is C11H15NO3. The van der Waals surface area contributed by atoms with Gasteiger partial charge in [-0.15, -0.1) is 0 Å². The highest BCUT2D eigenvalue weighted by molar-refractivity contribution is 5.82. The zero-order valence-corrected chi connectivity index (χ0v) is 8.95. The first-order valence-corrected chi connectivity index (χ1v) is 4.64. The van der Waals surface area contributed by atoms with Crippen LogP contribution in [0, 0.1) is 0 Å². The molecule has 0 fully saturated rings. The van der Waals surface area contributed by atoms with E-state index in [2.05, 4.69) is 0 Å². The highest BCUT2D eigenvalue weighted by Gasteiger charge is 2.06. The summed E-state index contributed by atoms with van der Waals surface area (Å²) in [6, 6.07) is 5.39. The zero-order chi connectivity index (χ0) is 11.3. The second-order valence-electron chi connectivity index (χ2n) is 3.11. The van der Waals surface area contributed by atoms with Crippen molar-refractivity contribution < 1.29 is 14.3 Å². The van der Waals surface area contributed by atoms with Gasteiger partial charge in [0, 0.05) is 6.42 Å². The molecule has 0 atom stereocenters. The molecule has 0 unspecified atom stereocenters. The smallest absolute Gasteiger partial charge is 0.161 e. The van der Waals surface area contributed by atoms with Crippen LogP contribution in [0.5, 0.6) is 11.5 Å². The molecule has 0 aliphatic rings. The predicted molar refractivity (Wildman–Crippen MR) is 57.3 cm³/mol. The van der Waals surface area contributed by atoms with Gasteiger partial charge in [0.2, 0.25) is 0 Å². The van der Waals surface area contributed by atoms with Gasteiger partial charge in [0.05, 0.1) is 20.8 Å². The zero-order valence-electron chi connectivity index (χ0n) is 8.95. The number of carbonyl (C=O) groups is 1. The predicted octanol–water partition coefficient (Wildman–Crippen LogP) is 0.774. The topological polar surface area (TPSA) is 61.5 Å². The third-order valence-corrected chi connectivity index (χ3v) is 2.08. The van der Waals surface area contributed by atoms with Gasteiger partial charge in [-0.25, -0.2) is 0 Å². The quantitative estimate of drug-likeness (QED) is 0.778. The molecule has 2 N–H and O–H groups in total. The fourth-order valence-corrected chi connectivity index (χ4v) is 1.29. The van der Waals surface area contributed by atoms with Crippen LogP contribution in [0.3, 0.4) is 0 Å². The number of rotatable bonds is 5. The number of nitrogens with two attached hydrogens (primary N) is 1. The lowest BCUT2D eigenvalue weighted by Crippen LogP contribution is -2.15. The maximum Gasteiger partial charge on any atom is 0.161 e. The van der Waals surface area contributed by atoms with Crippen molar-refractivity contribution in [3.63, 3.8) is 0 Å². The van der Waals surface area contributed by atoms with E-state index in [-0.39, 0.29) is 12.3 Å². The van der Waals surface area contributed by atoms with E-state index < -0.39 is 0 Å². The molecule has 0 heterocycles. The molecule has 4 heteroatoms. The Morgan fingerprint density at radius 2 is 1.93 bits per heavy atom. The summed E-state index contributed by atoms with van der Waals surface area (Å²) < 4.78 is 10.2. The summed E-state index contributed by atoms with van der Waals surface area (Å²) in [5.41, 5.74) is 6.12. The molecule has 0 saturated carbocycles. The first kappa shape index (κ1) is 11.5. The minimum absolute atomic E-state index is 0.00206. The number of ketones is 1. The Morgan fingerprint density at radius 3 is 2.47 bits per heavy atom. The monoisotopic (exact) mass is 209 g/mol. The standard InChI is InChI=1S/C11H15NO3/c1-14-10-4-3-8(5-9(13)7-12)6-11(10)15-2/h3-4,6H,5,7,12H2,1-2H3. The van der Waals surface area contributed by atoms with Crippen LogP contribution in [0.4, 0.5) is 0 Å². The van der Waals surface area contributed by atoms with Crippen molar-refractivity contribution in [3.8, 4) is 11.5 Å². The fourth-order valence-electron chi connectivity index (χ4n) is 1.29. The number of benzene rings is 1. The van der Waals surface area contributed by atoms with E-state index in [1.807, 2.05) is 6.07 Å². The Kier molecular flexibility index (Phi) is 4.12. The molecule has 0 spiro atoms. The van der Waals surface area contributed by atoms with E-state index in [1.54, 1.807) is 26.4 Å². The maximum atomic E-state index is 11.1. The van der Waals surface area contributed by atoms with Crippen LogP contribution in [-0.2, 0) is 11.2 Å². The van der Waals surface area contributed by atoms with Gasteiger partial charge in [0.15, 0.2) is 17.3 Å². The molecule has 0 aliphatic carbocycles. The summed E-state index contributed by atoms with van der Waals surface area (Å²) in [5, 5.41) is 0. The second kappa shape index (κ2) is 5.36. The normalized spacial score (nSPS) is 9.80. The Bertz CT molecular complexity index is 350. The van der Waals surface area contributed by atoms with Gasteiger partial charge in [-0.3, -0.25) is 4.79 Å². The number of methoxy groups -OCH3 is 2. The summed E-state index contributed by atoms with van der Waals surface area (Å²) >= 11 is 0. The largest absolute Gasteiger partial charge is 0.493 e. The van der Waals surface area contributed by atoms with Crippen LogP contribution in [0.15, 0.2) is 18.2 Å². The van der Waals surface area contributed by atoms with Crippen LogP contribution >= 0.6 is 0 Å². The average Bonchev–Trinajstić information content (AvgIpc) is 2.28. The maximum absolute atomic E-state index is 11.1. The summed E-state index contributed by atoms with van der Waals surface area (Å²) in [7, 11) is 3.13. The minimum atomic E-state index is 0.00206. The van der Waals surface area contributed by atoms with Crippen molar-refractivity contribution in [1.82, 2.24) is 0 Å². The van der Waals surface area contributed by atoms with E-state index in [4.69, 9.17) is 15.2 Å². The lowest BCUT2D eigenvalue weighted by atomic mass is 10.1. The van der Waals surface area contributed by atoms with E-state index in [0.717, 1.165) is 5.56 Å². The number of hydrogen-bond donors (Lipinski definition) is 1. The first-order chi connectivity index (χ1) is 7.21. The van der Waals surface area contributed by atoms with Crippen LogP contribution in [0.2, 0.25) is 0 Å². The molecule has 15 heavy (non-hydrogen) atoms. The minimum Gasteiger partial charge on any atom is -0.493 e. The highest BCUT2D eigenvalue weighted by Crippen LogP contribution is 2.27. The number of carbonyl (C=O) groups excluding carboxylic acids is 1. The third kappa shape index (κ3) is 2.95. The molecule has 0 radical (unpaired) electrons. The van der Waals surface area contributed by atoms with Crippen molar-refractivity contribution in [2.24, 2.45) is 5.73 Å². The number of Topliss-reactive ketones (excluding diaryl/α,β-unsaturated/α-hetero) is 1. The van der Waals surface area contributed by atoms with Gasteiger partial charge >= 0.3 is 0 Å². The fraction of sp³-hybridized carbons (Fsp3) is 0.364. The van der Waals surface area contributed by atoms with Gasteiger partial charge in [-0.2, -0.15) is 0 Å². The van der Waals surface area contributed by atoms with Gasteiger partial charge < -0.3 is 15.2 Å². The van der Waals surface area contributed by atoms with Crippen molar-refractivity contribution in [2.75, 3.05) is 20.8 Å². The molecule has 82 valence electrons. The molecular weight excluding hydrogens is 194 g/mol. The molecule has 1 aromatic carbocycles. The Balaban J connectivity index is 2.88. The highest BCUT2D eigenvalue weighted by atomic mass is 16.5. The lowest BCUT2D eigenvalue weighted by molar-refractivity contribution is -0.117. The number of hydrogen-bond acceptors (Lipinski definition) is 4. The Labute approximate surface area is 89.0 Å². The van der Waals surface area contributed by atoms with E-state index in [9.17, 15) is 4.79 Å². The summed E-state index contributed by atoms with van der Waals surface area (Å²) in [6.07, 6.45) is 0.330. The molecule has 0 saturated heterocycles. The van der Waals surface area contributed by atoms with Gasteiger partial charge in [0.25, 0.3) is 0 Å². The van der Waals surface area contributed by atoms with Gasteiger partial charge in [0.1, 0.15) is 0 Å². The first-order valence-electron chi connectivity index (χ1n) is 4.64.